The Bertz CT molecular complexity index is 961. The smallest absolute Gasteiger partial charge is 0.230 e. The van der Waals surface area contributed by atoms with Gasteiger partial charge in [-0.25, -0.2) is 0 Å². The van der Waals surface area contributed by atoms with E-state index in [1.165, 1.54) is 16.4 Å². The Morgan fingerprint density at radius 2 is 1.90 bits per heavy atom. The average Bonchev–Trinajstić information content (AvgIpc) is 3.21. The molecule has 0 radical (unpaired) electrons. The van der Waals surface area contributed by atoms with Gasteiger partial charge in [0.25, 0.3) is 0 Å². The second kappa shape index (κ2) is 9.78. The van der Waals surface area contributed by atoms with E-state index in [4.69, 9.17) is 9.47 Å². The van der Waals surface area contributed by atoms with Gasteiger partial charge >= 0.3 is 0 Å². The number of benzene rings is 2. The lowest BCUT2D eigenvalue weighted by Crippen LogP contribution is -2.27. The second-order valence-corrected chi connectivity index (χ2v) is 6.91. The molecule has 2 N–H and O–H groups in total. The summed E-state index contributed by atoms with van der Waals surface area (Å²) in [5, 5.41) is 24.3. The number of carbonyl (C=O) groups excluding carboxylic acids is 1. The first kappa shape index (κ1) is 20.5. The van der Waals surface area contributed by atoms with E-state index in [0.29, 0.717) is 35.3 Å². The number of tetrazole rings is 1. The highest BCUT2D eigenvalue weighted by Crippen LogP contribution is 2.27. The van der Waals surface area contributed by atoms with Crippen molar-refractivity contribution < 1.29 is 19.4 Å². The molecule has 3 aromatic rings. The molecule has 0 saturated carbocycles. The van der Waals surface area contributed by atoms with Crippen LogP contribution in [0.15, 0.2) is 47.6 Å². The van der Waals surface area contributed by atoms with Crippen LogP contribution >= 0.6 is 11.8 Å². The van der Waals surface area contributed by atoms with Gasteiger partial charge in [-0.3, -0.25) is 4.79 Å². The van der Waals surface area contributed by atoms with Crippen molar-refractivity contribution in [2.45, 2.75) is 11.6 Å². The minimum Gasteiger partial charge on any atom is -0.508 e. The molecule has 1 heterocycles. The normalized spacial score (nSPS) is 10.6. The fraction of sp³-hybridized carbons (Fsp3) is 0.263. The zero-order valence-corrected chi connectivity index (χ0v) is 16.8. The van der Waals surface area contributed by atoms with Gasteiger partial charge < -0.3 is 19.9 Å². The number of hydrogen-bond acceptors (Lipinski definition) is 8. The number of nitrogens with one attached hydrogen (secondary N) is 1. The predicted molar refractivity (Wildman–Crippen MR) is 108 cm³/mol. The van der Waals surface area contributed by atoms with Crippen LogP contribution in [0.1, 0.15) is 5.56 Å². The van der Waals surface area contributed by atoms with Crippen LogP contribution < -0.4 is 14.8 Å². The van der Waals surface area contributed by atoms with Crippen molar-refractivity contribution in [3.63, 3.8) is 0 Å². The lowest BCUT2D eigenvalue weighted by Gasteiger charge is -2.10. The van der Waals surface area contributed by atoms with Crippen molar-refractivity contribution in [3.8, 4) is 22.9 Å². The largest absolute Gasteiger partial charge is 0.508 e. The minimum atomic E-state index is -0.115. The number of nitrogens with zero attached hydrogens (tertiary/aromatic N) is 4. The van der Waals surface area contributed by atoms with Gasteiger partial charge in [0.2, 0.25) is 11.1 Å². The molecule has 29 heavy (non-hydrogen) atoms. The molecule has 3 rings (SSSR count). The second-order valence-electron chi connectivity index (χ2n) is 5.97. The Hall–Kier alpha value is -3.27. The average molecular weight is 415 g/mol. The molecular formula is C19H21N5O4S. The minimum absolute atomic E-state index is 0.115. The van der Waals surface area contributed by atoms with Gasteiger partial charge in [0.05, 0.1) is 25.7 Å². The van der Waals surface area contributed by atoms with Crippen LogP contribution in [-0.2, 0) is 11.2 Å². The van der Waals surface area contributed by atoms with E-state index in [1.807, 2.05) is 18.2 Å². The molecule has 2 aromatic carbocycles. The van der Waals surface area contributed by atoms with Crippen LogP contribution in [-0.4, -0.2) is 57.7 Å². The van der Waals surface area contributed by atoms with Crippen molar-refractivity contribution in [2.24, 2.45) is 0 Å². The van der Waals surface area contributed by atoms with Gasteiger partial charge in [-0.15, -0.1) is 5.10 Å². The lowest BCUT2D eigenvalue weighted by molar-refractivity contribution is -0.118. The van der Waals surface area contributed by atoms with Crippen molar-refractivity contribution in [1.29, 1.82) is 0 Å². The highest BCUT2D eigenvalue weighted by molar-refractivity contribution is 7.99. The molecule has 0 fully saturated rings. The Kier molecular flexibility index (Phi) is 6.90. The van der Waals surface area contributed by atoms with Gasteiger partial charge in [0, 0.05) is 6.54 Å². The van der Waals surface area contributed by atoms with Crippen LogP contribution in [0.5, 0.6) is 17.2 Å². The maximum atomic E-state index is 12.2. The van der Waals surface area contributed by atoms with Crippen LogP contribution in [0.3, 0.4) is 0 Å². The molecule has 0 aliphatic carbocycles. The van der Waals surface area contributed by atoms with E-state index >= 15 is 0 Å². The van der Waals surface area contributed by atoms with E-state index in [0.717, 1.165) is 5.56 Å². The first-order chi connectivity index (χ1) is 14.1. The molecule has 10 heteroatoms. The van der Waals surface area contributed by atoms with Crippen molar-refractivity contribution in [2.75, 3.05) is 26.5 Å². The fourth-order valence-corrected chi connectivity index (χ4v) is 3.31. The van der Waals surface area contributed by atoms with Gasteiger partial charge in [-0.05, 0) is 58.8 Å². The standard InChI is InChI=1S/C19H21N5O4S/c1-27-16-8-3-13(11-17(16)28-2)9-10-20-18(26)12-29-19-21-22-23-24(19)14-4-6-15(25)7-5-14/h3-8,11,25H,9-10,12H2,1-2H3,(H,20,26). The van der Waals surface area contributed by atoms with Gasteiger partial charge in [-0.2, -0.15) is 4.68 Å². The van der Waals surface area contributed by atoms with E-state index in [9.17, 15) is 9.90 Å². The molecule has 1 amide bonds. The van der Waals surface area contributed by atoms with Crippen LogP contribution in [0.25, 0.3) is 5.69 Å². The monoisotopic (exact) mass is 415 g/mol. The summed E-state index contributed by atoms with van der Waals surface area (Å²) < 4.78 is 12.0. The van der Waals surface area contributed by atoms with Crippen LogP contribution in [0.2, 0.25) is 0 Å². The number of amides is 1. The molecule has 0 spiro atoms. The highest BCUT2D eigenvalue weighted by atomic mass is 32.2. The van der Waals surface area contributed by atoms with Gasteiger partial charge in [-0.1, -0.05) is 17.8 Å². The zero-order valence-electron chi connectivity index (χ0n) is 16.0. The summed E-state index contributed by atoms with van der Waals surface area (Å²) in [6.45, 7) is 0.498. The van der Waals surface area contributed by atoms with E-state index < -0.39 is 0 Å². The van der Waals surface area contributed by atoms with Crippen molar-refractivity contribution >= 4 is 17.7 Å². The summed E-state index contributed by atoms with van der Waals surface area (Å²) >= 11 is 1.23. The number of hydrogen-bond donors (Lipinski definition) is 2. The molecular weight excluding hydrogens is 394 g/mol. The van der Waals surface area contributed by atoms with Gasteiger partial charge in [0.15, 0.2) is 11.5 Å². The summed E-state index contributed by atoms with van der Waals surface area (Å²) in [6, 6.07) is 12.2. The third-order valence-electron chi connectivity index (χ3n) is 4.05. The summed E-state index contributed by atoms with van der Waals surface area (Å²) in [5.74, 6) is 1.56. The number of rotatable bonds is 9. The highest BCUT2D eigenvalue weighted by Gasteiger charge is 2.12. The SMILES string of the molecule is COc1ccc(CCNC(=O)CSc2nnnn2-c2ccc(O)cc2)cc1OC. The number of methoxy groups -OCH3 is 2. The number of ether oxygens (including phenoxy) is 2. The third kappa shape index (κ3) is 5.38. The van der Waals surface area contributed by atoms with Crippen molar-refractivity contribution in [1.82, 2.24) is 25.5 Å². The number of thioether (sulfide) groups is 1. The lowest BCUT2D eigenvalue weighted by atomic mass is 10.1. The van der Waals surface area contributed by atoms with E-state index in [1.54, 1.807) is 38.5 Å². The number of carbonyl (C=O) groups is 1. The van der Waals surface area contributed by atoms with Crippen LogP contribution in [0, 0.1) is 0 Å². The number of aromatic nitrogens is 4. The Labute approximate surface area is 172 Å². The van der Waals surface area contributed by atoms with Crippen molar-refractivity contribution in [3.05, 3.63) is 48.0 Å². The Balaban J connectivity index is 1.49. The van der Waals surface area contributed by atoms with Crippen LogP contribution in [0.4, 0.5) is 0 Å². The fourth-order valence-electron chi connectivity index (χ4n) is 2.59. The molecule has 0 bridgehead atoms. The third-order valence-corrected chi connectivity index (χ3v) is 4.97. The molecule has 0 unspecified atom stereocenters. The number of aromatic hydroxyl groups is 1. The topological polar surface area (TPSA) is 111 Å². The summed E-state index contributed by atoms with van der Waals surface area (Å²) in [7, 11) is 3.18. The molecule has 0 aliphatic rings. The molecule has 0 saturated heterocycles. The molecule has 9 nitrogen and oxygen atoms in total. The molecule has 0 atom stereocenters. The molecule has 152 valence electrons. The number of phenolic OH excluding ortho intramolecular Hbond substituents is 1. The molecule has 0 aliphatic heterocycles. The summed E-state index contributed by atoms with van der Waals surface area (Å²) in [5.41, 5.74) is 1.73. The first-order valence-corrected chi connectivity index (χ1v) is 9.77. The summed E-state index contributed by atoms with van der Waals surface area (Å²) in [6.07, 6.45) is 0.669. The van der Waals surface area contributed by atoms with Gasteiger partial charge in [0.1, 0.15) is 5.75 Å². The quantitative estimate of drug-likeness (QED) is 0.509. The maximum absolute atomic E-state index is 12.2. The van der Waals surface area contributed by atoms with E-state index in [2.05, 4.69) is 20.8 Å². The predicted octanol–water partition coefficient (Wildman–Crippen LogP) is 1.84. The summed E-state index contributed by atoms with van der Waals surface area (Å²) in [4.78, 5) is 12.2. The Morgan fingerprint density at radius 1 is 1.14 bits per heavy atom. The number of phenols is 1. The Morgan fingerprint density at radius 3 is 2.62 bits per heavy atom. The maximum Gasteiger partial charge on any atom is 0.230 e. The molecule has 1 aromatic heterocycles. The van der Waals surface area contributed by atoms with E-state index in [-0.39, 0.29) is 17.4 Å². The first-order valence-electron chi connectivity index (χ1n) is 8.79. The zero-order chi connectivity index (χ0) is 20.6.